The van der Waals surface area contributed by atoms with Crippen molar-refractivity contribution in [2.45, 2.75) is 45.6 Å². The molecule has 1 atom stereocenters. The third kappa shape index (κ3) is 3.46. The number of carbonyl (C=O) groups excluding carboxylic acids is 1. The normalized spacial score (nSPS) is 20.4. The summed E-state index contributed by atoms with van der Waals surface area (Å²) in [6.07, 6.45) is 6.60. The van der Waals surface area contributed by atoms with Gasteiger partial charge in [-0.1, -0.05) is 37.3 Å². The zero-order valence-electron chi connectivity index (χ0n) is 11.9. The van der Waals surface area contributed by atoms with Gasteiger partial charge in [-0.2, -0.15) is 0 Å². The van der Waals surface area contributed by atoms with Gasteiger partial charge >= 0.3 is 0 Å². The van der Waals surface area contributed by atoms with Crippen molar-refractivity contribution in [2.75, 3.05) is 6.54 Å². The molecule has 1 heterocycles. The van der Waals surface area contributed by atoms with E-state index in [0.29, 0.717) is 6.04 Å². The van der Waals surface area contributed by atoms with Crippen LogP contribution < -0.4 is 0 Å². The molecule has 1 aliphatic rings. The number of benzene rings is 1. The smallest absolute Gasteiger partial charge is 0.249 e. The molecular formula is C17H23NO. The van der Waals surface area contributed by atoms with Crippen LogP contribution in [0.2, 0.25) is 0 Å². The van der Waals surface area contributed by atoms with E-state index in [1.165, 1.54) is 6.42 Å². The fourth-order valence-corrected chi connectivity index (χ4v) is 2.78. The van der Waals surface area contributed by atoms with Gasteiger partial charge in [-0.15, -0.1) is 0 Å². The molecule has 19 heavy (non-hydrogen) atoms. The second-order valence-corrected chi connectivity index (χ2v) is 5.29. The fourth-order valence-electron chi connectivity index (χ4n) is 2.78. The maximum Gasteiger partial charge on any atom is 0.249 e. The minimum Gasteiger partial charge on any atom is -0.336 e. The third-order valence-electron chi connectivity index (χ3n) is 3.88. The summed E-state index contributed by atoms with van der Waals surface area (Å²) in [7, 11) is 0. The highest BCUT2D eigenvalue weighted by atomic mass is 16.2. The zero-order valence-corrected chi connectivity index (χ0v) is 11.9. The maximum atomic E-state index is 12.5. The van der Waals surface area contributed by atoms with E-state index in [1.54, 1.807) is 0 Å². The Balaban J connectivity index is 2.12. The number of hydrogen-bond acceptors (Lipinski definition) is 1. The van der Waals surface area contributed by atoms with Crippen molar-refractivity contribution in [3.8, 4) is 0 Å². The first-order valence-corrected chi connectivity index (χ1v) is 7.26. The summed E-state index contributed by atoms with van der Waals surface area (Å²) < 4.78 is 0. The van der Waals surface area contributed by atoms with Crippen LogP contribution in [-0.4, -0.2) is 23.4 Å². The molecular weight excluding hydrogens is 234 g/mol. The molecule has 2 nitrogen and oxygen atoms in total. The second kappa shape index (κ2) is 6.55. The summed E-state index contributed by atoms with van der Waals surface area (Å²) in [5.74, 6) is 0.204. The summed E-state index contributed by atoms with van der Waals surface area (Å²) >= 11 is 0. The minimum atomic E-state index is 0.204. The Labute approximate surface area is 116 Å². The summed E-state index contributed by atoms with van der Waals surface area (Å²) in [5.41, 5.74) is 1.94. The monoisotopic (exact) mass is 257 g/mol. The highest BCUT2D eigenvalue weighted by Crippen LogP contribution is 2.22. The topological polar surface area (TPSA) is 20.3 Å². The first kappa shape index (κ1) is 13.9. The van der Waals surface area contributed by atoms with Crippen LogP contribution in [0.4, 0.5) is 0 Å². The average molecular weight is 257 g/mol. The molecule has 0 saturated carbocycles. The molecule has 102 valence electrons. The van der Waals surface area contributed by atoms with Gasteiger partial charge in [0, 0.05) is 18.2 Å². The van der Waals surface area contributed by atoms with Crippen molar-refractivity contribution in [2.24, 2.45) is 0 Å². The van der Waals surface area contributed by atoms with E-state index in [0.717, 1.165) is 36.9 Å². The summed E-state index contributed by atoms with van der Waals surface area (Å²) in [6, 6.07) is 10.5. The van der Waals surface area contributed by atoms with E-state index in [2.05, 4.69) is 11.8 Å². The average Bonchev–Trinajstić information content (AvgIpc) is 2.47. The Morgan fingerprint density at radius 3 is 2.74 bits per heavy atom. The van der Waals surface area contributed by atoms with Gasteiger partial charge in [0.1, 0.15) is 0 Å². The molecule has 1 amide bonds. The molecule has 1 aromatic carbocycles. The van der Waals surface area contributed by atoms with Crippen LogP contribution in [0.5, 0.6) is 0 Å². The molecule has 1 saturated heterocycles. The highest BCUT2D eigenvalue weighted by Gasteiger charge is 2.25. The van der Waals surface area contributed by atoms with Crippen LogP contribution in [0.3, 0.4) is 0 Å². The molecule has 0 spiro atoms. The molecule has 0 aliphatic carbocycles. The molecule has 1 unspecified atom stereocenters. The third-order valence-corrected chi connectivity index (χ3v) is 3.88. The van der Waals surface area contributed by atoms with Crippen molar-refractivity contribution >= 4 is 12.0 Å². The lowest BCUT2D eigenvalue weighted by atomic mass is 9.98. The Hall–Kier alpha value is -1.57. The van der Waals surface area contributed by atoms with Gasteiger partial charge in [0.15, 0.2) is 0 Å². The van der Waals surface area contributed by atoms with Crippen LogP contribution in [0.15, 0.2) is 35.9 Å². The minimum absolute atomic E-state index is 0.204. The van der Waals surface area contributed by atoms with Gasteiger partial charge in [-0.3, -0.25) is 4.79 Å². The molecule has 1 aromatic rings. The SMILES string of the molecule is CCC1CCCCN1C(=O)/C(C)=C\c1ccccc1. The molecule has 2 rings (SSSR count). The Morgan fingerprint density at radius 1 is 1.32 bits per heavy atom. The first-order valence-electron chi connectivity index (χ1n) is 7.26. The summed E-state index contributed by atoms with van der Waals surface area (Å²) in [4.78, 5) is 14.6. The van der Waals surface area contributed by atoms with Crippen LogP contribution in [-0.2, 0) is 4.79 Å². The molecule has 0 N–H and O–H groups in total. The van der Waals surface area contributed by atoms with Crippen LogP contribution in [0, 0.1) is 0 Å². The van der Waals surface area contributed by atoms with Crippen LogP contribution in [0.25, 0.3) is 6.08 Å². The predicted molar refractivity (Wildman–Crippen MR) is 79.7 cm³/mol. The number of piperidine rings is 1. The maximum absolute atomic E-state index is 12.5. The second-order valence-electron chi connectivity index (χ2n) is 5.29. The van der Waals surface area contributed by atoms with Crippen molar-refractivity contribution in [1.29, 1.82) is 0 Å². The number of amides is 1. The lowest BCUT2D eigenvalue weighted by molar-refractivity contribution is -0.130. The van der Waals surface area contributed by atoms with Crippen molar-refractivity contribution in [3.05, 3.63) is 41.5 Å². The van der Waals surface area contributed by atoms with Crippen molar-refractivity contribution in [1.82, 2.24) is 4.90 Å². The van der Waals surface area contributed by atoms with Gasteiger partial charge in [0.05, 0.1) is 0 Å². The Morgan fingerprint density at radius 2 is 2.05 bits per heavy atom. The number of nitrogens with zero attached hydrogens (tertiary/aromatic N) is 1. The molecule has 1 aliphatic heterocycles. The number of carbonyl (C=O) groups is 1. The molecule has 2 heteroatoms. The molecule has 1 fully saturated rings. The predicted octanol–water partition coefficient (Wildman–Crippen LogP) is 3.88. The van der Waals surface area contributed by atoms with Gasteiger partial charge in [0.25, 0.3) is 0 Å². The van der Waals surface area contributed by atoms with E-state index < -0.39 is 0 Å². The Bertz CT molecular complexity index is 450. The molecule has 0 aromatic heterocycles. The van der Waals surface area contributed by atoms with E-state index >= 15 is 0 Å². The van der Waals surface area contributed by atoms with E-state index in [4.69, 9.17) is 0 Å². The number of hydrogen-bond donors (Lipinski definition) is 0. The quantitative estimate of drug-likeness (QED) is 0.752. The van der Waals surface area contributed by atoms with Gasteiger partial charge < -0.3 is 4.90 Å². The lowest BCUT2D eigenvalue weighted by Crippen LogP contribution is -2.43. The van der Waals surface area contributed by atoms with Crippen molar-refractivity contribution < 1.29 is 4.79 Å². The van der Waals surface area contributed by atoms with E-state index in [9.17, 15) is 4.79 Å². The number of rotatable bonds is 3. The molecule has 0 bridgehead atoms. The van der Waals surface area contributed by atoms with E-state index in [-0.39, 0.29) is 5.91 Å². The highest BCUT2D eigenvalue weighted by molar-refractivity contribution is 5.97. The summed E-state index contributed by atoms with van der Waals surface area (Å²) in [5, 5.41) is 0. The fraction of sp³-hybridized carbons (Fsp3) is 0.471. The molecule has 0 radical (unpaired) electrons. The van der Waals surface area contributed by atoms with Gasteiger partial charge in [0.2, 0.25) is 5.91 Å². The summed E-state index contributed by atoms with van der Waals surface area (Å²) in [6.45, 7) is 5.01. The lowest BCUT2D eigenvalue weighted by Gasteiger charge is -2.35. The zero-order chi connectivity index (χ0) is 13.7. The van der Waals surface area contributed by atoms with E-state index in [1.807, 2.05) is 43.3 Å². The van der Waals surface area contributed by atoms with Crippen molar-refractivity contribution in [3.63, 3.8) is 0 Å². The van der Waals surface area contributed by atoms with Crippen LogP contribution in [0.1, 0.15) is 45.1 Å². The standard InChI is InChI=1S/C17H23NO/c1-3-16-11-7-8-12-18(16)17(19)14(2)13-15-9-5-4-6-10-15/h4-6,9-10,13,16H,3,7-8,11-12H2,1-2H3/b14-13-. The first-order chi connectivity index (χ1) is 9.22. The largest absolute Gasteiger partial charge is 0.336 e. The Kier molecular flexibility index (Phi) is 4.78. The van der Waals surface area contributed by atoms with Crippen LogP contribution >= 0.6 is 0 Å². The van der Waals surface area contributed by atoms with Gasteiger partial charge in [-0.25, -0.2) is 0 Å². The number of likely N-dealkylation sites (tertiary alicyclic amines) is 1. The van der Waals surface area contributed by atoms with Gasteiger partial charge in [-0.05, 0) is 44.2 Å².